The Morgan fingerprint density at radius 3 is 2.52 bits per heavy atom. The first-order valence-electron chi connectivity index (χ1n) is 10.4. The van der Waals surface area contributed by atoms with Crippen molar-refractivity contribution >= 4 is 17.2 Å². The maximum atomic E-state index is 5.45. The number of imidazole rings is 1. The van der Waals surface area contributed by atoms with Crippen LogP contribution < -0.4 is 15.0 Å². The van der Waals surface area contributed by atoms with Crippen molar-refractivity contribution in [2.75, 3.05) is 43.6 Å². The Kier molecular flexibility index (Phi) is 5.41. The SMILES string of the molecule is COc1ccc(CNc2ncc(-c3ccc(N4CCOCC4)cc3)n3ccnc23)cc1. The number of nitrogens with zero attached hydrogens (tertiary/aromatic N) is 4. The van der Waals surface area contributed by atoms with Gasteiger partial charge >= 0.3 is 0 Å². The Bertz CT molecular complexity index is 1150. The van der Waals surface area contributed by atoms with E-state index in [-0.39, 0.29) is 0 Å². The summed E-state index contributed by atoms with van der Waals surface area (Å²) in [6.45, 7) is 4.09. The summed E-state index contributed by atoms with van der Waals surface area (Å²) >= 11 is 0. The molecular weight excluding hydrogens is 390 g/mol. The van der Waals surface area contributed by atoms with Gasteiger partial charge in [-0.3, -0.25) is 4.40 Å². The normalized spacial score (nSPS) is 14.0. The molecule has 3 heterocycles. The summed E-state index contributed by atoms with van der Waals surface area (Å²) in [7, 11) is 1.67. The summed E-state index contributed by atoms with van der Waals surface area (Å²) in [4.78, 5) is 11.6. The second-order valence-electron chi connectivity index (χ2n) is 7.46. The van der Waals surface area contributed by atoms with Crippen molar-refractivity contribution in [1.82, 2.24) is 14.4 Å². The maximum absolute atomic E-state index is 5.45. The molecule has 0 unspecified atom stereocenters. The van der Waals surface area contributed by atoms with E-state index >= 15 is 0 Å². The van der Waals surface area contributed by atoms with Crippen LogP contribution in [0.15, 0.2) is 67.1 Å². The van der Waals surface area contributed by atoms with Crippen molar-refractivity contribution in [2.45, 2.75) is 6.54 Å². The molecule has 0 aliphatic carbocycles. The van der Waals surface area contributed by atoms with Crippen molar-refractivity contribution in [3.05, 3.63) is 72.7 Å². The van der Waals surface area contributed by atoms with Gasteiger partial charge in [0.2, 0.25) is 0 Å². The minimum Gasteiger partial charge on any atom is -0.497 e. The van der Waals surface area contributed by atoms with Gasteiger partial charge in [0.1, 0.15) is 5.75 Å². The lowest BCUT2D eigenvalue weighted by Crippen LogP contribution is -2.36. The summed E-state index contributed by atoms with van der Waals surface area (Å²) in [5.41, 5.74) is 5.29. The van der Waals surface area contributed by atoms with Crippen LogP contribution in [0.4, 0.5) is 11.5 Å². The highest BCUT2D eigenvalue weighted by atomic mass is 16.5. The van der Waals surface area contributed by atoms with Crippen molar-refractivity contribution in [3.63, 3.8) is 0 Å². The fourth-order valence-corrected chi connectivity index (χ4v) is 3.85. The van der Waals surface area contributed by atoms with Crippen LogP contribution in [0.5, 0.6) is 5.75 Å². The van der Waals surface area contributed by atoms with Crippen LogP contribution in [0.25, 0.3) is 16.9 Å². The van der Waals surface area contributed by atoms with E-state index in [0.29, 0.717) is 6.54 Å². The Morgan fingerprint density at radius 1 is 1.00 bits per heavy atom. The molecule has 2 aromatic carbocycles. The monoisotopic (exact) mass is 415 g/mol. The minimum absolute atomic E-state index is 0.660. The van der Waals surface area contributed by atoms with E-state index in [4.69, 9.17) is 9.47 Å². The first-order valence-corrected chi connectivity index (χ1v) is 10.4. The van der Waals surface area contributed by atoms with Gasteiger partial charge in [0, 0.05) is 43.3 Å². The summed E-state index contributed by atoms with van der Waals surface area (Å²) < 4.78 is 12.7. The number of anilines is 2. The topological polar surface area (TPSA) is 63.9 Å². The van der Waals surface area contributed by atoms with Gasteiger partial charge in [0.05, 0.1) is 32.2 Å². The highest BCUT2D eigenvalue weighted by Gasteiger charge is 2.13. The first kappa shape index (κ1) is 19.4. The van der Waals surface area contributed by atoms with Gasteiger partial charge in [-0.15, -0.1) is 0 Å². The van der Waals surface area contributed by atoms with E-state index < -0.39 is 0 Å². The van der Waals surface area contributed by atoms with E-state index in [1.165, 1.54) is 5.69 Å². The highest BCUT2D eigenvalue weighted by molar-refractivity contribution is 5.71. The van der Waals surface area contributed by atoms with Crippen molar-refractivity contribution in [2.24, 2.45) is 0 Å². The van der Waals surface area contributed by atoms with Gasteiger partial charge in [0.15, 0.2) is 11.5 Å². The lowest BCUT2D eigenvalue weighted by molar-refractivity contribution is 0.122. The van der Waals surface area contributed by atoms with E-state index in [9.17, 15) is 0 Å². The number of morpholine rings is 1. The highest BCUT2D eigenvalue weighted by Crippen LogP contribution is 2.26. The molecule has 7 heteroatoms. The molecule has 31 heavy (non-hydrogen) atoms. The third-order valence-corrected chi connectivity index (χ3v) is 5.59. The second-order valence-corrected chi connectivity index (χ2v) is 7.46. The molecule has 1 aliphatic heterocycles. The number of ether oxygens (including phenoxy) is 2. The molecule has 1 N–H and O–H groups in total. The zero-order valence-electron chi connectivity index (χ0n) is 17.5. The number of benzene rings is 2. The zero-order chi connectivity index (χ0) is 21.0. The zero-order valence-corrected chi connectivity index (χ0v) is 17.5. The van der Waals surface area contributed by atoms with E-state index in [1.807, 2.05) is 36.7 Å². The lowest BCUT2D eigenvalue weighted by Gasteiger charge is -2.28. The fraction of sp³-hybridized carbons (Fsp3) is 0.250. The molecule has 0 spiro atoms. The molecule has 1 fully saturated rings. The predicted octanol–water partition coefficient (Wildman–Crippen LogP) is 3.85. The average molecular weight is 415 g/mol. The maximum Gasteiger partial charge on any atom is 0.180 e. The summed E-state index contributed by atoms with van der Waals surface area (Å²) in [5, 5.41) is 3.40. The van der Waals surface area contributed by atoms with Gasteiger partial charge in [-0.25, -0.2) is 9.97 Å². The Labute approximate surface area is 181 Å². The molecule has 1 saturated heterocycles. The lowest BCUT2D eigenvalue weighted by atomic mass is 10.1. The smallest absolute Gasteiger partial charge is 0.180 e. The number of fused-ring (bicyclic) bond motifs is 1. The standard InChI is InChI=1S/C24H25N5O2/c1-30-21-8-2-18(3-9-21)16-26-23-24-25-10-11-29(24)22(17-27-23)19-4-6-20(7-5-19)28-12-14-31-15-13-28/h2-11,17H,12-16H2,1H3,(H,26,27). The Balaban J connectivity index is 1.36. The minimum atomic E-state index is 0.660. The van der Waals surface area contributed by atoms with Crippen LogP contribution in [0.1, 0.15) is 5.56 Å². The fourth-order valence-electron chi connectivity index (χ4n) is 3.85. The molecule has 7 nitrogen and oxygen atoms in total. The number of methoxy groups -OCH3 is 1. The number of hydrogen-bond donors (Lipinski definition) is 1. The van der Waals surface area contributed by atoms with Crippen LogP contribution >= 0.6 is 0 Å². The number of rotatable bonds is 6. The molecule has 5 rings (SSSR count). The molecule has 0 bridgehead atoms. The van der Waals surface area contributed by atoms with E-state index in [2.05, 4.69) is 48.9 Å². The van der Waals surface area contributed by atoms with Crippen LogP contribution in [0.3, 0.4) is 0 Å². The van der Waals surface area contributed by atoms with E-state index in [1.54, 1.807) is 13.3 Å². The quantitative estimate of drug-likeness (QED) is 0.516. The van der Waals surface area contributed by atoms with Crippen LogP contribution in [-0.4, -0.2) is 47.8 Å². The average Bonchev–Trinajstić information content (AvgIpc) is 3.34. The molecule has 0 saturated carbocycles. The predicted molar refractivity (Wildman–Crippen MR) is 122 cm³/mol. The summed E-state index contributed by atoms with van der Waals surface area (Å²) in [5.74, 6) is 1.61. The third kappa shape index (κ3) is 4.04. The molecule has 0 amide bonds. The molecule has 4 aromatic rings. The number of nitrogens with one attached hydrogen (secondary N) is 1. The molecule has 0 atom stereocenters. The van der Waals surface area contributed by atoms with Crippen molar-refractivity contribution < 1.29 is 9.47 Å². The Hall–Kier alpha value is -3.58. The van der Waals surface area contributed by atoms with Crippen LogP contribution in [-0.2, 0) is 11.3 Å². The number of hydrogen-bond acceptors (Lipinski definition) is 6. The molecular formula is C24H25N5O2. The van der Waals surface area contributed by atoms with Crippen LogP contribution in [0.2, 0.25) is 0 Å². The molecule has 1 aliphatic rings. The molecule has 0 radical (unpaired) electrons. The van der Waals surface area contributed by atoms with E-state index in [0.717, 1.165) is 60.3 Å². The third-order valence-electron chi connectivity index (χ3n) is 5.59. The van der Waals surface area contributed by atoms with Crippen LogP contribution in [0, 0.1) is 0 Å². The molecule has 2 aromatic heterocycles. The Morgan fingerprint density at radius 2 is 1.77 bits per heavy atom. The van der Waals surface area contributed by atoms with Crippen molar-refractivity contribution in [3.8, 4) is 17.0 Å². The summed E-state index contributed by atoms with van der Waals surface area (Å²) in [6, 6.07) is 16.6. The summed E-state index contributed by atoms with van der Waals surface area (Å²) in [6.07, 6.45) is 5.68. The van der Waals surface area contributed by atoms with Gasteiger partial charge in [-0.05, 0) is 29.8 Å². The second kappa shape index (κ2) is 8.65. The van der Waals surface area contributed by atoms with Gasteiger partial charge in [-0.2, -0.15) is 0 Å². The molecule has 158 valence electrons. The van der Waals surface area contributed by atoms with Gasteiger partial charge < -0.3 is 19.7 Å². The van der Waals surface area contributed by atoms with Gasteiger partial charge in [0.25, 0.3) is 0 Å². The largest absolute Gasteiger partial charge is 0.497 e. The number of aromatic nitrogens is 3. The van der Waals surface area contributed by atoms with Gasteiger partial charge in [-0.1, -0.05) is 24.3 Å². The van der Waals surface area contributed by atoms with Crippen molar-refractivity contribution in [1.29, 1.82) is 0 Å². The first-order chi connectivity index (χ1) is 15.3.